The molecule has 0 spiro atoms. The Kier molecular flexibility index (Phi) is 9.31. The molecular formula is C25H25Cl2N3O5. The molecule has 0 fully saturated rings. The van der Waals surface area contributed by atoms with Crippen molar-refractivity contribution in [3.05, 3.63) is 92.9 Å². The lowest BCUT2D eigenvalue weighted by Crippen LogP contribution is -2.33. The van der Waals surface area contributed by atoms with E-state index in [0.717, 1.165) is 5.56 Å². The summed E-state index contributed by atoms with van der Waals surface area (Å²) in [7, 11) is 1.51. The van der Waals surface area contributed by atoms with Crippen molar-refractivity contribution < 1.29 is 24.1 Å². The van der Waals surface area contributed by atoms with Gasteiger partial charge >= 0.3 is 0 Å². The van der Waals surface area contributed by atoms with E-state index in [1.165, 1.54) is 31.6 Å². The van der Waals surface area contributed by atoms with Gasteiger partial charge in [-0.15, -0.1) is 0 Å². The van der Waals surface area contributed by atoms with Crippen LogP contribution in [0.2, 0.25) is 10.0 Å². The van der Waals surface area contributed by atoms with Crippen molar-refractivity contribution in [2.24, 2.45) is 0 Å². The van der Waals surface area contributed by atoms with Gasteiger partial charge in [0.15, 0.2) is 23.9 Å². The van der Waals surface area contributed by atoms with Crippen LogP contribution in [0, 0.1) is 10.6 Å². The van der Waals surface area contributed by atoms with Crippen LogP contribution in [0.5, 0.6) is 11.5 Å². The van der Waals surface area contributed by atoms with Crippen LogP contribution in [0.15, 0.2) is 60.9 Å². The number of pyridine rings is 1. The Morgan fingerprint density at radius 3 is 2.54 bits per heavy atom. The van der Waals surface area contributed by atoms with Crippen LogP contribution in [0.4, 0.5) is 0 Å². The lowest BCUT2D eigenvalue weighted by Gasteiger charge is -2.15. The number of nitrogens with one attached hydrogen (secondary N) is 2. The number of carbonyl (C=O) groups excluding carboxylic acids is 1. The quantitative estimate of drug-likeness (QED) is 0.203. The Morgan fingerprint density at radius 1 is 1.11 bits per heavy atom. The van der Waals surface area contributed by atoms with E-state index in [1.54, 1.807) is 30.3 Å². The van der Waals surface area contributed by atoms with E-state index in [1.807, 2.05) is 6.07 Å². The van der Waals surface area contributed by atoms with Crippen molar-refractivity contribution in [2.75, 3.05) is 20.3 Å². The van der Waals surface area contributed by atoms with Gasteiger partial charge in [-0.2, -0.15) is 4.73 Å². The molecule has 0 aliphatic carbocycles. The molecule has 1 heterocycles. The first-order valence-corrected chi connectivity index (χ1v) is 11.5. The predicted molar refractivity (Wildman–Crippen MR) is 134 cm³/mol. The third kappa shape index (κ3) is 7.58. The summed E-state index contributed by atoms with van der Waals surface area (Å²) in [5, 5.41) is 33.2. The number of rotatable bonds is 11. The van der Waals surface area contributed by atoms with Crippen LogP contribution in [-0.2, 0) is 6.42 Å². The molecule has 1 unspecified atom stereocenters. The van der Waals surface area contributed by atoms with Crippen molar-refractivity contribution in [1.82, 2.24) is 5.32 Å². The van der Waals surface area contributed by atoms with E-state index in [2.05, 4.69) is 5.32 Å². The number of nitrogens with zero attached hydrogens (tertiary/aromatic N) is 1. The van der Waals surface area contributed by atoms with Gasteiger partial charge < -0.3 is 30.5 Å². The molecule has 1 aromatic heterocycles. The summed E-state index contributed by atoms with van der Waals surface area (Å²) < 4.78 is 11.8. The maximum absolute atomic E-state index is 12.6. The van der Waals surface area contributed by atoms with Crippen molar-refractivity contribution >= 4 is 34.8 Å². The molecule has 35 heavy (non-hydrogen) atoms. The number of amides is 1. The van der Waals surface area contributed by atoms with Gasteiger partial charge in [0, 0.05) is 58.4 Å². The van der Waals surface area contributed by atoms with E-state index in [4.69, 9.17) is 38.1 Å². The predicted octanol–water partition coefficient (Wildman–Crippen LogP) is 3.81. The first-order valence-electron chi connectivity index (χ1n) is 10.7. The summed E-state index contributed by atoms with van der Waals surface area (Å²) in [5.41, 5.74) is 1.90. The zero-order valence-corrected chi connectivity index (χ0v) is 20.5. The van der Waals surface area contributed by atoms with Crippen LogP contribution in [0.25, 0.3) is 0 Å². The van der Waals surface area contributed by atoms with Crippen molar-refractivity contribution in [2.45, 2.75) is 18.9 Å². The molecule has 184 valence electrons. The highest BCUT2D eigenvalue weighted by Gasteiger charge is 2.15. The largest absolute Gasteiger partial charge is 0.619 e. The number of hydrogen-bond acceptors (Lipinski definition) is 6. The number of halogens is 2. The molecule has 3 aromatic rings. The van der Waals surface area contributed by atoms with Gasteiger partial charge in [0.05, 0.1) is 19.8 Å². The van der Waals surface area contributed by atoms with Crippen LogP contribution in [-0.4, -0.2) is 43.1 Å². The molecule has 3 rings (SSSR count). The number of hydrogen-bond donors (Lipinski definition) is 3. The lowest BCUT2D eigenvalue weighted by molar-refractivity contribution is -0.605. The number of methoxy groups -OCH3 is 1. The molecular weight excluding hydrogens is 493 g/mol. The third-order valence-corrected chi connectivity index (χ3v) is 5.75. The zero-order chi connectivity index (χ0) is 25.4. The Balaban J connectivity index is 1.55. The zero-order valence-electron chi connectivity index (χ0n) is 19.0. The Bertz CT molecular complexity index is 1190. The molecule has 0 aliphatic heterocycles. The van der Waals surface area contributed by atoms with Crippen LogP contribution < -0.4 is 19.5 Å². The van der Waals surface area contributed by atoms with Crippen molar-refractivity contribution in [3.63, 3.8) is 0 Å². The monoisotopic (exact) mass is 517 g/mol. The Morgan fingerprint density at radius 2 is 1.86 bits per heavy atom. The highest BCUT2D eigenvalue weighted by molar-refractivity contribution is 6.35. The van der Waals surface area contributed by atoms with E-state index in [-0.39, 0.29) is 18.7 Å². The molecule has 0 bridgehead atoms. The molecule has 8 nitrogen and oxygen atoms in total. The first kappa shape index (κ1) is 26.3. The van der Waals surface area contributed by atoms with Gasteiger partial charge in [-0.3, -0.25) is 4.79 Å². The average molecular weight is 518 g/mol. The summed E-state index contributed by atoms with van der Waals surface area (Å²) in [5.74, 6) is 0.461. The number of ether oxygens (including phenoxy) is 2. The topological polar surface area (TPSA) is 119 Å². The highest BCUT2D eigenvalue weighted by atomic mass is 35.5. The number of carbonyl (C=O) groups is 1. The van der Waals surface area contributed by atoms with Gasteiger partial charge in [-0.05, 0) is 35.9 Å². The second-order valence-corrected chi connectivity index (χ2v) is 8.54. The Hall–Kier alpha value is -3.33. The molecule has 0 aliphatic rings. The number of benzene rings is 2. The van der Waals surface area contributed by atoms with Crippen molar-refractivity contribution in [3.8, 4) is 11.5 Å². The van der Waals surface area contributed by atoms with Crippen LogP contribution in [0.1, 0.15) is 27.9 Å². The maximum atomic E-state index is 12.6. The minimum absolute atomic E-state index is 0.0212. The standard InChI is InChI=1S/C25H25Cl2N3O5/c1-34-23-5-3-18(12-24(23)35-11-8-16-2-4-19(26)13-21(16)27)25(32)29-15-20(31)14-22(28)17-6-9-30(33)10-7-17/h2-7,9-10,12-13,20,28,31H,8,11,14-15H2,1H3,(H,29,32). The first-order chi connectivity index (χ1) is 16.8. The number of aliphatic hydroxyl groups is 1. The maximum Gasteiger partial charge on any atom is 0.251 e. The van der Waals surface area contributed by atoms with Crippen LogP contribution >= 0.6 is 23.2 Å². The van der Waals surface area contributed by atoms with Gasteiger partial charge in [0.25, 0.3) is 5.91 Å². The summed E-state index contributed by atoms with van der Waals surface area (Å²) in [6, 6.07) is 13.0. The fraction of sp³-hybridized carbons (Fsp3) is 0.240. The number of aromatic nitrogens is 1. The second kappa shape index (κ2) is 12.4. The minimum Gasteiger partial charge on any atom is -0.619 e. The average Bonchev–Trinajstić information content (AvgIpc) is 2.84. The smallest absolute Gasteiger partial charge is 0.251 e. The highest BCUT2D eigenvalue weighted by Crippen LogP contribution is 2.29. The van der Waals surface area contributed by atoms with Gasteiger partial charge in [-0.1, -0.05) is 29.3 Å². The molecule has 3 N–H and O–H groups in total. The summed E-state index contributed by atoms with van der Waals surface area (Å²) >= 11 is 12.1. The van der Waals surface area contributed by atoms with Gasteiger partial charge in [0.1, 0.15) is 0 Å². The molecule has 0 saturated heterocycles. The molecule has 0 saturated carbocycles. The van der Waals surface area contributed by atoms with E-state index >= 15 is 0 Å². The SMILES string of the molecule is COc1ccc(C(=O)NCC(O)CC(=N)c2cc[n+]([O-])cc2)cc1OCCc1ccc(Cl)cc1Cl. The van der Waals surface area contributed by atoms with Crippen molar-refractivity contribution in [1.29, 1.82) is 5.41 Å². The van der Waals surface area contributed by atoms with Crippen LogP contribution in [0.3, 0.4) is 0 Å². The normalized spacial score (nSPS) is 11.5. The molecule has 1 amide bonds. The molecule has 0 radical (unpaired) electrons. The van der Waals surface area contributed by atoms with E-state index in [0.29, 0.717) is 50.4 Å². The third-order valence-electron chi connectivity index (χ3n) is 5.16. The minimum atomic E-state index is -0.968. The number of aliphatic hydroxyl groups excluding tert-OH is 1. The summed E-state index contributed by atoms with van der Waals surface area (Å²) in [6.07, 6.45) is 2.15. The van der Waals surface area contributed by atoms with Gasteiger partial charge in [0.2, 0.25) is 0 Å². The Labute approximate surface area is 213 Å². The summed E-state index contributed by atoms with van der Waals surface area (Å²) in [6.45, 7) is 0.252. The summed E-state index contributed by atoms with van der Waals surface area (Å²) in [4.78, 5) is 12.6. The lowest BCUT2D eigenvalue weighted by atomic mass is 10.1. The fourth-order valence-corrected chi connectivity index (χ4v) is 3.78. The van der Waals surface area contributed by atoms with Gasteiger partial charge in [-0.25, -0.2) is 0 Å². The molecule has 1 atom stereocenters. The molecule has 10 heteroatoms. The van der Waals surface area contributed by atoms with E-state index < -0.39 is 12.0 Å². The molecule has 2 aromatic carbocycles. The second-order valence-electron chi connectivity index (χ2n) is 7.69. The van der Waals surface area contributed by atoms with E-state index in [9.17, 15) is 15.1 Å². The fourth-order valence-electron chi connectivity index (χ4n) is 3.28.